The van der Waals surface area contributed by atoms with Gasteiger partial charge in [-0.2, -0.15) is 0 Å². The van der Waals surface area contributed by atoms with Crippen molar-refractivity contribution in [1.82, 2.24) is 4.72 Å². The van der Waals surface area contributed by atoms with E-state index in [9.17, 15) is 28.1 Å². The predicted octanol–water partition coefficient (Wildman–Crippen LogP) is 3.14. The molecule has 10 nitrogen and oxygen atoms in total. The zero-order valence-electron chi connectivity index (χ0n) is 16.0. The molecule has 0 radical (unpaired) electrons. The number of carbonyl (C=O) groups excluding carboxylic acids is 2. The van der Waals surface area contributed by atoms with Crippen molar-refractivity contribution in [2.75, 3.05) is 11.9 Å². The van der Waals surface area contributed by atoms with E-state index in [2.05, 4.69) is 10.0 Å². The summed E-state index contributed by atoms with van der Waals surface area (Å²) in [6.07, 6.45) is -1.66. The molecule has 2 aromatic rings. The summed E-state index contributed by atoms with van der Waals surface area (Å²) in [5.41, 5.74) is -0.369. The van der Waals surface area contributed by atoms with Crippen LogP contribution in [0.5, 0.6) is 0 Å². The Morgan fingerprint density at radius 1 is 1.13 bits per heavy atom. The summed E-state index contributed by atoms with van der Waals surface area (Å²) in [6.45, 7) is 0.941. The Morgan fingerprint density at radius 3 is 2.35 bits per heavy atom. The molecule has 0 aliphatic rings. The number of hydrogen-bond donors (Lipinski definition) is 2. The lowest BCUT2D eigenvalue weighted by atomic mass is 10.2. The van der Waals surface area contributed by atoms with E-state index in [0.29, 0.717) is 0 Å². The fourth-order valence-electron chi connectivity index (χ4n) is 2.38. The zero-order valence-corrected chi connectivity index (χ0v) is 18.3. The summed E-state index contributed by atoms with van der Waals surface area (Å²) < 4.78 is 31.8. The zero-order chi connectivity index (χ0) is 23.2. The maximum atomic E-state index is 12.3. The maximum Gasteiger partial charge on any atom is 0.307 e. The molecule has 0 fully saturated rings. The van der Waals surface area contributed by atoms with Gasteiger partial charge in [-0.3, -0.25) is 19.7 Å². The number of nitrogens with one attached hydrogen (secondary N) is 2. The molecule has 0 heterocycles. The number of esters is 1. The van der Waals surface area contributed by atoms with Gasteiger partial charge in [-0.05, 0) is 25.1 Å². The number of ether oxygens (including phenoxy) is 1. The molecule has 1 amide bonds. The van der Waals surface area contributed by atoms with Gasteiger partial charge in [0.05, 0.1) is 21.4 Å². The highest BCUT2D eigenvalue weighted by Gasteiger charge is 2.23. The molecule has 2 N–H and O–H groups in total. The highest BCUT2D eigenvalue weighted by Crippen LogP contribution is 2.28. The van der Waals surface area contributed by atoms with Crippen molar-refractivity contribution in [3.05, 3.63) is 62.6 Å². The van der Waals surface area contributed by atoms with Crippen molar-refractivity contribution in [2.24, 2.45) is 0 Å². The number of rotatable bonds is 9. The lowest BCUT2D eigenvalue weighted by molar-refractivity contribution is -0.383. The van der Waals surface area contributed by atoms with Crippen LogP contribution in [-0.2, 0) is 24.3 Å². The first kappa shape index (κ1) is 24.5. The first-order valence-electron chi connectivity index (χ1n) is 8.70. The topological polar surface area (TPSA) is 145 Å². The number of benzene rings is 2. The van der Waals surface area contributed by atoms with Gasteiger partial charge in [0.25, 0.3) is 11.6 Å². The minimum Gasteiger partial charge on any atom is -0.452 e. The second-order valence-corrected chi connectivity index (χ2v) is 8.61. The van der Waals surface area contributed by atoms with Crippen LogP contribution in [0.2, 0.25) is 10.0 Å². The van der Waals surface area contributed by atoms with Crippen LogP contribution in [0.15, 0.2) is 47.4 Å². The van der Waals surface area contributed by atoms with Crippen molar-refractivity contribution in [1.29, 1.82) is 0 Å². The quantitative estimate of drug-likeness (QED) is 0.312. The molecule has 0 bridgehead atoms. The number of hydrogen-bond acceptors (Lipinski definition) is 7. The number of halogens is 2. The van der Waals surface area contributed by atoms with Crippen LogP contribution in [0.25, 0.3) is 0 Å². The van der Waals surface area contributed by atoms with Crippen LogP contribution in [0.1, 0.15) is 13.3 Å². The molecular weight excluding hydrogens is 473 g/mol. The van der Waals surface area contributed by atoms with Crippen molar-refractivity contribution in [3.63, 3.8) is 0 Å². The predicted molar refractivity (Wildman–Crippen MR) is 114 cm³/mol. The Morgan fingerprint density at radius 2 is 1.74 bits per heavy atom. The number of sulfonamides is 1. The van der Waals surface area contributed by atoms with E-state index in [1.165, 1.54) is 49.4 Å². The molecular formula is C18H17Cl2N3O7S. The third-order valence-electron chi connectivity index (χ3n) is 3.84. The van der Waals surface area contributed by atoms with E-state index in [0.717, 1.165) is 0 Å². The molecule has 0 aliphatic heterocycles. The SMILES string of the molecule is CC(OC(=O)CCNS(=O)(=O)c1c(Cl)cccc1Cl)C(=O)Nc1ccccc1[N+](=O)[O-]. The molecule has 13 heteroatoms. The molecule has 2 rings (SSSR count). The van der Waals surface area contributed by atoms with Crippen LogP contribution in [0, 0.1) is 10.1 Å². The fourth-order valence-corrected chi connectivity index (χ4v) is 4.55. The minimum absolute atomic E-state index is 0.0511. The van der Waals surface area contributed by atoms with E-state index in [4.69, 9.17) is 27.9 Å². The van der Waals surface area contributed by atoms with E-state index in [1.807, 2.05) is 0 Å². The average molecular weight is 490 g/mol. The summed E-state index contributed by atoms with van der Waals surface area (Å²) >= 11 is 11.7. The van der Waals surface area contributed by atoms with Crippen LogP contribution in [-0.4, -0.2) is 37.9 Å². The first-order valence-corrected chi connectivity index (χ1v) is 10.9. The van der Waals surface area contributed by atoms with E-state index >= 15 is 0 Å². The number of anilines is 1. The van der Waals surface area contributed by atoms with Crippen molar-refractivity contribution < 1.29 is 27.7 Å². The van der Waals surface area contributed by atoms with Crippen molar-refractivity contribution >= 4 is 56.5 Å². The van der Waals surface area contributed by atoms with E-state index in [1.54, 1.807) is 0 Å². The standard InChI is InChI=1S/C18H17Cl2N3O7S/c1-11(18(25)22-14-7-2-3-8-15(14)23(26)27)30-16(24)9-10-21-31(28,29)17-12(19)5-4-6-13(17)20/h2-8,11,21H,9-10H2,1H3,(H,22,25). The van der Waals surface area contributed by atoms with Crippen LogP contribution in [0.4, 0.5) is 11.4 Å². The number of nitro groups is 1. The lowest BCUT2D eigenvalue weighted by Gasteiger charge is -2.14. The number of amides is 1. The molecule has 0 aromatic heterocycles. The summed E-state index contributed by atoms with van der Waals surface area (Å²) in [5.74, 6) is -1.65. The van der Waals surface area contributed by atoms with Crippen LogP contribution < -0.4 is 10.0 Å². The van der Waals surface area contributed by atoms with Gasteiger partial charge in [-0.25, -0.2) is 13.1 Å². The largest absolute Gasteiger partial charge is 0.452 e. The monoisotopic (exact) mass is 489 g/mol. The van der Waals surface area contributed by atoms with Gasteiger partial charge in [-0.15, -0.1) is 0 Å². The van der Waals surface area contributed by atoms with Crippen LogP contribution in [0.3, 0.4) is 0 Å². The third-order valence-corrected chi connectivity index (χ3v) is 6.26. The Hall–Kier alpha value is -2.73. The van der Waals surface area contributed by atoms with Gasteiger partial charge in [0, 0.05) is 12.6 Å². The number of nitro benzene ring substituents is 1. The summed E-state index contributed by atoms with van der Waals surface area (Å²) in [6, 6.07) is 9.67. The smallest absolute Gasteiger partial charge is 0.307 e. The van der Waals surface area contributed by atoms with Gasteiger partial charge in [0.2, 0.25) is 10.0 Å². The minimum atomic E-state index is -4.08. The molecule has 1 atom stereocenters. The molecule has 0 aliphatic carbocycles. The van der Waals surface area contributed by atoms with Gasteiger partial charge in [0.15, 0.2) is 6.10 Å². The highest BCUT2D eigenvalue weighted by atomic mass is 35.5. The van der Waals surface area contributed by atoms with Gasteiger partial charge in [0.1, 0.15) is 10.6 Å². The second kappa shape index (κ2) is 10.5. The third kappa shape index (κ3) is 6.62. The molecule has 31 heavy (non-hydrogen) atoms. The van der Waals surface area contributed by atoms with E-state index in [-0.39, 0.29) is 39.3 Å². The van der Waals surface area contributed by atoms with Crippen molar-refractivity contribution in [3.8, 4) is 0 Å². The summed E-state index contributed by atoms with van der Waals surface area (Å²) in [4.78, 5) is 34.1. The average Bonchev–Trinajstić information content (AvgIpc) is 2.67. The molecule has 2 aromatic carbocycles. The first-order chi connectivity index (χ1) is 14.5. The number of carbonyl (C=O) groups is 2. The lowest BCUT2D eigenvalue weighted by Crippen LogP contribution is -2.32. The Balaban J connectivity index is 1.90. The maximum absolute atomic E-state index is 12.3. The van der Waals surface area contributed by atoms with Gasteiger partial charge < -0.3 is 10.1 Å². The molecule has 0 saturated carbocycles. The summed E-state index contributed by atoms with van der Waals surface area (Å²) in [5, 5.41) is 13.1. The Bertz CT molecular complexity index is 1090. The number of para-hydroxylation sites is 2. The molecule has 1 unspecified atom stereocenters. The second-order valence-electron chi connectivity index (χ2n) is 6.09. The normalized spacial score (nSPS) is 12.1. The van der Waals surface area contributed by atoms with Crippen molar-refractivity contribution in [2.45, 2.75) is 24.3 Å². The molecule has 0 saturated heterocycles. The molecule has 0 spiro atoms. The highest BCUT2D eigenvalue weighted by molar-refractivity contribution is 7.89. The Labute approximate surface area is 187 Å². The fraction of sp³-hybridized carbons (Fsp3) is 0.222. The van der Waals surface area contributed by atoms with Gasteiger partial charge >= 0.3 is 5.97 Å². The van der Waals surface area contributed by atoms with Crippen LogP contribution >= 0.6 is 23.2 Å². The molecule has 166 valence electrons. The van der Waals surface area contributed by atoms with E-state index < -0.39 is 32.9 Å². The van der Waals surface area contributed by atoms with Gasteiger partial charge in [-0.1, -0.05) is 41.4 Å². The Kier molecular flexibility index (Phi) is 8.34. The summed E-state index contributed by atoms with van der Waals surface area (Å²) in [7, 11) is -4.08. The number of nitrogens with zero attached hydrogens (tertiary/aromatic N) is 1.